The Hall–Kier alpha value is -1.40. The van der Waals surface area contributed by atoms with Gasteiger partial charge in [0.25, 0.3) is 5.91 Å². The largest absolute Gasteiger partial charge is 0.428 e. The minimum atomic E-state index is -0.567. The summed E-state index contributed by atoms with van der Waals surface area (Å²) in [6, 6.07) is 0.279. The predicted octanol–water partition coefficient (Wildman–Crippen LogP) is 0.907. The lowest BCUT2D eigenvalue weighted by atomic mass is 10.0. The quantitative estimate of drug-likeness (QED) is 0.846. The molecular weight excluding hydrogens is 236 g/mol. The maximum Gasteiger partial charge on any atom is 0.301 e. The van der Waals surface area contributed by atoms with Crippen molar-refractivity contribution < 1.29 is 18.7 Å². The second kappa shape index (κ2) is 5.07. The maximum absolute atomic E-state index is 11.9. The molecule has 1 fully saturated rings. The first-order chi connectivity index (χ1) is 8.83. The first-order valence-corrected chi connectivity index (χ1v) is 6.32. The molecule has 98 valence electrons. The third-order valence-corrected chi connectivity index (χ3v) is 3.18. The number of amides is 1. The number of fused-ring (bicyclic) bond motifs is 1. The van der Waals surface area contributed by atoms with Crippen molar-refractivity contribution in [2.24, 2.45) is 0 Å². The summed E-state index contributed by atoms with van der Waals surface area (Å²) in [4.78, 5) is 16.2. The van der Waals surface area contributed by atoms with Crippen molar-refractivity contribution in [1.82, 2.24) is 4.98 Å². The van der Waals surface area contributed by atoms with Gasteiger partial charge in [0.2, 0.25) is 0 Å². The first kappa shape index (κ1) is 11.7. The molecule has 1 aliphatic carbocycles. The summed E-state index contributed by atoms with van der Waals surface area (Å²) < 4.78 is 16.0. The Morgan fingerprint density at radius 3 is 2.94 bits per heavy atom. The number of aryl methyl sites for hydroxylation is 2. The normalized spacial score (nSPS) is 23.4. The van der Waals surface area contributed by atoms with E-state index in [0.29, 0.717) is 13.2 Å². The van der Waals surface area contributed by atoms with E-state index in [2.05, 4.69) is 10.3 Å². The van der Waals surface area contributed by atoms with Crippen molar-refractivity contribution in [2.75, 3.05) is 25.1 Å². The zero-order chi connectivity index (χ0) is 12.4. The van der Waals surface area contributed by atoms with Gasteiger partial charge in [-0.05, 0) is 19.3 Å². The Morgan fingerprint density at radius 1 is 1.28 bits per heavy atom. The number of aromatic nitrogens is 1. The highest BCUT2D eigenvalue weighted by Gasteiger charge is 2.25. The number of carbonyl (C=O) groups is 1. The fraction of sp³-hybridized carbons (Fsp3) is 0.667. The van der Waals surface area contributed by atoms with Crippen LogP contribution in [0.1, 0.15) is 24.3 Å². The van der Waals surface area contributed by atoms with E-state index in [9.17, 15) is 4.79 Å². The van der Waals surface area contributed by atoms with Crippen molar-refractivity contribution in [3.63, 3.8) is 0 Å². The minimum absolute atomic E-state index is 0.256. The van der Waals surface area contributed by atoms with E-state index in [-0.39, 0.29) is 18.5 Å². The molecule has 0 saturated carbocycles. The van der Waals surface area contributed by atoms with Gasteiger partial charge >= 0.3 is 6.01 Å². The predicted molar refractivity (Wildman–Crippen MR) is 62.3 cm³/mol. The molecule has 0 radical (unpaired) electrons. The van der Waals surface area contributed by atoms with Gasteiger partial charge in [-0.1, -0.05) is 0 Å². The molecule has 1 N–H and O–H groups in total. The molecule has 3 rings (SSSR count). The lowest BCUT2D eigenvalue weighted by Gasteiger charge is -2.21. The third-order valence-electron chi connectivity index (χ3n) is 3.18. The van der Waals surface area contributed by atoms with Crippen LogP contribution >= 0.6 is 0 Å². The fourth-order valence-electron chi connectivity index (χ4n) is 2.23. The molecule has 1 atom stereocenters. The van der Waals surface area contributed by atoms with Gasteiger partial charge in [-0.15, -0.1) is 0 Å². The molecular formula is C12H16N2O4. The molecule has 1 aromatic rings. The van der Waals surface area contributed by atoms with Gasteiger partial charge in [-0.3, -0.25) is 10.1 Å². The van der Waals surface area contributed by atoms with Gasteiger partial charge in [0.15, 0.2) is 6.10 Å². The highest BCUT2D eigenvalue weighted by atomic mass is 16.6. The van der Waals surface area contributed by atoms with Crippen LogP contribution in [0.3, 0.4) is 0 Å². The average Bonchev–Trinajstić information content (AvgIpc) is 2.82. The lowest BCUT2D eigenvalue weighted by molar-refractivity contribution is -0.142. The summed E-state index contributed by atoms with van der Waals surface area (Å²) in [7, 11) is 0. The second-order valence-electron chi connectivity index (χ2n) is 4.52. The molecule has 2 heterocycles. The van der Waals surface area contributed by atoms with E-state index in [1.807, 2.05) is 0 Å². The van der Waals surface area contributed by atoms with Crippen molar-refractivity contribution in [3.8, 4) is 0 Å². The highest BCUT2D eigenvalue weighted by molar-refractivity contribution is 5.92. The number of hydrogen-bond acceptors (Lipinski definition) is 5. The molecule has 0 aromatic carbocycles. The van der Waals surface area contributed by atoms with Crippen LogP contribution in [0.4, 0.5) is 6.01 Å². The maximum atomic E-state index is 11.9. The third kappa shape index (κ3) is 2.39. The standard InChI is InChI=1S/C12H16N2O4/c15-11(10-7-16-5-6-17-10)14-12-13-8-3-1-2-4-9(8)18-12/h10H,1-7H2,(H,13,14,15). The van der Waals surface area contributed by atoms with Crippen LogP contribution in [0.5, 0.6) is 0 Å². The van der Waals surface area contributed by atoms with Crippen LogP contribution in [-0.2, 0) is 27.1 Å². The second-order valence-corrected chi connectivity index (χ2v) is 4.52. The van der Waals surface area contributed by atoms with Gasteiger partial charge in [-0.25, -0.2) is 0 Å². The van der Waals surface area contributed by atoms with Crippen LogP contribution in [0.25, 0.3) is 0 Å². The molecule has 1 aliphatic heterocycles. The molecule has 2 aliphatic rings. The summed E-state index contributed by atoms with van der Waals surface area (Å²) in [5, 5.41) is 2.65. The zero-order valence-electron chi connectivity index (χ0n) is 10.1. The van der Waals surface area contributed by atoms with E-state index in [1.54, 1.807) is 0 Å². The van der Waals surface area contributed by atoms with Gasteiger partial charge in [0.1, 0.15) is 5.76 Å². The minimum Gasteiger partial charge on any atom is -0.428 e. The van der Waals surface area contributed by atoms with E-state index in [1.165, 1.54) is 0 Å². The van der Waals surface area contributed by atoms with Crippen LogP contribution < -0.4 is 5.32 Å². The van der Waals surface area contributed by atoms with Crippen LogP contribution in [0.15, 0.2) is 4.42 Å². The molecule has 18 heavy (non-hydrogen) atoms. The number of hydrogen-bond donors (Lipinski definition) is 1. The van der Waals surface area contributed by atoms with Crippen molar-refractivity contribution in [3.05, 3.63) is 11.5 Å². The first-order valence-electron chi connectivity index (χ1n) is 6.32. The lowest BCUT2D eigenvalue weighted by Crippen LogP contribution is -2.39. The summed E-state index contributed by atoms with van der Waals surface area (Å²) in [6.07, 6.45) is 3.52. The van der Waals surface area contributed by atoms with E-state index in [0.717, 1.165) is 37.1 Å². The van der Waals surface area contributed by atoms with Gasteiger partial charge in [-0.2, -0.15) is 4.98 Å². The summed E-state index contributed by atoms with van der Waals surface area (Å²) in [6.45, 7) is 1.27. The smallest absolute Gasteiger partial charge is 0.301 e. The van der Waals surface area contributed by atoms with E-state index >= 15 is 0 Å². The molecule has 0 bridgehead atoms. The summed E-state index contributed by atoms with van der Waals surface area (Å²) >= 11 is 0. The highest BCUT2D eigenvalue weighted by Crippen LogP contribution is 2.24. The van der Waals surface area contributed by atoms with E-state index < -0.39 is 6.10 Å². The molecule has 1 amide bonds. The van der Waals surface area contributed by atoms with E-state index in [4.69, 9.17) is 13.9 Å². The Balaban J connectivity index is 1.64. The number of nitrogens with one attached hydrogen (secondary N) is 1. The molecule has 0 spiro atoms. The van der Waals surface area contributed by atoms with Crippen LogP contribution in [0, 0.1) is 0 Å². The molecule has 1 unspecified atom stereocenters. The molecule has 1 aromatic heterocycles. The van der Waals surface area contributed by atoms with Crippen molar-refractivity contribution >= 4 is 11.9 Å². The SMILES string of the molecule is O=C(Nc1nc2c(o1)CCCC2)C1COCCO1. The molecule has 6 heteroatoms. The number of rotatable bonds is 2. The Kier molecular flexibility index (Phi) is 3.29. The topological polar surface area (TPSA) is 73.6 Å². The Morgan fingerprint density at radius 2 is 2.17 bits per heavy atom. The molecule has 6 nitrogen and oxygen atoms in total. The van der Waals surface area contributed by atoms with Crippen LogP contribution in [-0.4, -0.2) is 36.8 Å². The van der Waals surface area contributed by atoms with Crippen molar-refractivity contribution in [1.29, 1.82) is 0 Å². The number of nitrogens with zero attached hydrogens (tertiary/aromatic N) is 1. The Labute approximate surface area is 105 Å². The van der Waals surface area contributed by atoms with Gasteiger partial charge < -0.3 is 13.9 Å². The summed E-state index contributed by atoms with van der Waals surface area (Å²) in [5.74, 6) is 0.644. The Bertz CT molecular complexity index is 414. The monoisotopic (exact) mass is 252 g/mol. The number of carbonyl (C=O) groups excluding carboxylic acids is 1. The average molecular weight is 252 g/mol. The van der Waals surface area contributed by atoms with Gasteiger partial charge in [0.05, 0.1) is 25.5 Å². The summed E-state index contributed by atoms with van der Waals surface area (Å²) in [5.41, 5.74) is 0.970. The van der Waals surface area contributed by atoms with Gasteiger partial charge in [0, 0.05) is 6.42 Å². The molecule has 1 saturated heterocycles. The van der Waals surface area contributed by atoms with Crippen LogP contribution in [0.2, 0.25) is 0 Å². The number of anilines is 1. The zero-order valence-corrected chi connectivity index (χ0v) is 10.1. The number of ether oxygens (including phenoxy) is 2. The fourth-order valence-corrected chi connectivity index (χ4v) is 2.23. The number of oxazole rings is 1. The van der Waals surface area contributed by atoms with Crippen molar-refractivity contribution in [2.45, 2.75) is 31.8 Å².